The van der Waals surface area contributed by atoms with E-state index in [1.807, 2.05) is 24.0 Å². The maximum atomic E-state index is 12.7. The van der Waals surface area contributed by atoms with Crippen molar-refractivity contribution < 1.29 is 14.3 Å². The van der Waals surface area contributed by atoms with Gasteiger partial charge in [-0.1, -0.05) is 6.07 Å². The number of fused-ring (bicyclic) bond motifs is 1. The number of carbonyl (C=O) groups is 1. The Labute approximate surface area is 119 Å². The summed E-state index contributed by atoms with van der Waals surface area (Å²) >= 11 is 0. The Morgan fingerprint density at radius 2 is 1.70 bits per heavy atom. The van der Waals surface area contributed by atoms with Crippen molar-refractivity contribution in [3.63, 3.8) is 0 Å². The first kappa shape index (κ1) is 13.2. The van der Waals surface area contributed by atoms with Crippen LogP contribution in [0.15, 0.2) is 12.1 Å². The van der Waals surface area contributed by atoms with Gasteiger partial charge in [0.2, 0.25) is 0 Å². The molecular formula is C15H20N2O3. The third-order valence-electron chi connectivity index (χ3n) is 3.91. The molecule has 0 atom stereocenters. The summed E-state index contributed by atoms with van der Waals surface area (Å²) in [6.45, 7) is 6.36. The molecule has 20 heavy (non-hydrogen) atoms. The van der Waals surface area contributed by atoms with Crippen LogP contribution in [0.1, 0.15) is 15.9 Å². The predicted octanol–water partition coefficient (Wildman–Crippen LogP) is 1.15. The average molecular weight is 276 g/mol. The lowest BCUT2D eigenvalue weighted by Crippen LogP contribution is -2.47. The Hall–Kier alpha value is -1.75. The summed E-state index contributed by atoms with van der Waals surface area (Å²) in [5, 5.41) is 0. The second kappa shape index (κ2) is 5.32. The molecule has 2 heterocycles. The number of amides is 1. The lowest BCUT2D eigenvalue weighted by molar-refractivity contribution is 0.0654. The van der Waals surface area contributed by atoms with E-state index in [0.717, 1.165) is 37.5 Å². The zero-order valence-corrected chi connectivity index (χ0v) is 12.0. The normalized spacial score (nSPS) is 19.0. The minimum absolute atomic E-state index is 0.0415. The average Bonchev–Trinajstić information content (AvgIpc) is 2.48. The molecule has 108 valence electrons. The lowest BCUT2D eigenvalue weighted by Gasteiger charge is -2.33. The van der Waals surface area contributed by atoms with Gasteiger partial charge in [0, 0.05) is 26.2 Å². The summed E-state index contributed by atoms with van der Waals surface area (Å²) in [6.07, 6.45) is 0. The molecule has 5 heteroatoms. The molecule has 0 N–H and O–H groups in total. The zero-order chi connectivity index (χ0) is 14.1. The molecule has 2 aliphatic heterocycles. The number of rotatable bonds is 1. The summed E-state index contributed by atoms with van der Waals surface area (Å²) in [7, 11) is 2.08. The SMILES string of the molecule is Cc1ccc(C(=O)N2CCN(C)CC2)c2c1OCCO2. The molecule has 0 bridgehead atoms. The number of nitrogens with zero attached hydrogens (tertiary/aromatic N) is 2. The number of aryl methyl sites for hydroxylation is 1. The van der Waals surface area contributed by atoms with E-state index >= 15 is 0 Å². The van der Waals surface area contributed by atoms with Crippen LogP contribution in [-0.4, -0.2) is 62.1 Å². The summed E-state index contributed by atoms with van der Waals surface area (Å²) in [5.74, 6) is 1.37. The highest BCUT2D eigenvalue weighted by molar-refractivity contribution is 5.98. The van der Waals surface area contributed by atoms with E-state index in [4.69, 9.17) is 9.47 Å². The Morgan fingerprint density at radius 1 is 1.05 bits per heavy atom. The Kier molecular flexibility index (Phi) is 3.53. The first-order valence-corrected chi connectivity index (χ1v) is 7.04. The standard InChI is InChI=1S/C15H20N2O3/c1-11-3-4-12(14-13(11)19-9-10-20-14)15(18)17-7-5-16(2)6-8-17/h3-4H,5-10H2,1-2H3. The lowest BCUT2D eigenvalue weighted by atomic mass is 10.1. The van der Waals surface area contributed by atoms with Gasteiger partial charge < -0.3 is 19.3 Å². The van der Waals surface area contributed by atoms with Crippen LogP contribution >= 0.6 is 0 Å². The van der Waals surface area contributed by atoms with Crippen molar-refractivity contribution in [1.29, 1.82) is 0 Å². The van der Waals surface area contributed by atoms with Crippen LogP contribution in [0.25, 0.3) is 0 Å². The van der Waals surface area contributed by atoms with Gasteiger partial charge in [-0.25, -0.2) is 0 Å². The summed E-state index contributed by atoms with van der Waals surface area (Å²) in [6, 6.07) is 3.78. The fourth-order valence-electron chi connectivity index (χ4n) is 2.62. The van der Waals surface area contributed by atoms with E-state index in [1.54, 1.807) is 0 Å². The molecule has 0 aromatic heterocycles. The molecule has 2 aliphatic rings. The molecule has 5 nitrogen and oxygen atoms in total. The largest absolute Gasteiger partial charge is 0.486 e. The fraction of sp³-hybridized carbons (Fsp3) is 0.533. The number of ether oxygens (including phenoxy) is 2. The minimum atomic E-state index is 0.0415. The number of piperazine rings is 1. The number of hydrogen-bond donors (Lipinski definition) is 0. The topological polar surface area (TPSA) is 42.0 Å². The van der Waals surface area contributed by atoms with Gasteiger partial charge in [-0.2, -0.15) is 0 Å². The first-order chi connectivity index (χ1) is 9.66. The van der Waals surface area contributed by atoms with Crippen LogP contribution in [-0.2, 0) is 0 Å². The maximum Gasteiger partial charge on any atom is 0.257 e. The monoisotopic (exact) mass is 276 g/mol. The zero-order valence-electron chi connectivity index (χ0n) is 12.0. The first-order valence-electron chi connectivity index (χ1n) is 7.04. The molecule has 0 unspecified atom stereocenters. The third-order valence-corrected chi connectivity index (χ3v) is 3.91. The van der Waals surface area contributed by atoms with Crippen molar-refractivity contribution in [2.75, 3.05) is 46.4 Å². The van der Waals surface area contributed by atoms with Crippen molar-refractivity contribution >= 4 is 5.91 Å². The Bertz CT molecular complexity index is 522. The van der Waals surface area contributed by atoms with E-state index in [-0.39, 0.29) is 5.91 Å². The smallest absolute Gasteiger partial charge is 0.257 e. The van der Waals surface area contributed by atoms with Crippen molar-refractivity contribution in [2.24, 2.45) is 0 Å². The van der Waals surface area contributed by atoms with Crippen LogP contribution in [0, 0.1) is 6.92 Å². The third kappa shape index (κ3) is 2.33. The van der Waals surface area contributed by atoms with Crippen LogP contribution in [0.5, 0.6) is 11.5 Å². The van der Waals surface area contributed by atoms with Gasteiger partial charge in [-0.15, -0.1) is 0 Å². The number of carbonyl (C=O) groups excluding carboxylic acids is 1. The Morgan fingerprint density at radius 3 is 2.40 bits per heavy atom. The molecule has 1 saturated heterocycles. The van der Waals surface area contributed by atoms with Gasteiger partial charge in [0.1, 0.15) is 13.2 Å². The predicted molar refractivity (Wildman–Crippen MR) is 75.6 cm³/mol. The molecule has 1 aromatic rings. The summed E-state index contributed by atoms with van der Waals surface area (Å²) < 4.78 is 11.3. The van der Waals surface area contributed by atoms with Gasteiger partial charge in [-0.05, 0) is 25.6 Å². The van der Waals surface area contributed by atoms with Crippen LogP contribution in [0.2, 0.25) is 0 Å². The number of hydrogen-bond acceptors (Lipinski definition) is 4. The second-order valence-corrected chi connectivity index (χ2v) is 5.38. The minimum Gasteiger partial charge on any atom is -0.486 e. The van der Waals surface area contributed by atoms with E-state index < -0.39 is 0 Å². The van der Waals surface area contributed by atoms with Crippen molar-refractivity contribution in [2.45, 2.75) is 6.92 Å². The molecule has 0 radical (unpaired) electrons. The fourth-order valence-corrected chi connectivity index (χ4v) is 2.62. The highest BCUT2D eigenvalue weighted by Gasteiger charge is 2.27. The van der Waals surface area contributed by atoms with E-state index in [1.165, 1.54) is 0 Å². The highest BCUT2D eigenvalue weighted by Crippen LogP contribution is 2.37. The molecule has 1 amide bonds. The molecule has 3 rings (SSSR count). The molecule has 0 spiro atoms. The maximum absolute atomic E-state index is 12.7. The van der Waals surface area contributed by atoms with Gasteiger partial charge in [0.05, 0.1) is 5.56 Å². The van der Waals surface area contributed by atoms with Crippen LogP contribution < -0.4 is 9.47 Å². The molecule has 0 saturated carbocycles. The van der Waals surface area contributed by atoms with Crippen LogP contribution in [0.4, 0.5) is 0 Å². The number of likely N-dealkylation sites (N-methyl/N-ethyl adjacent to an activating group) is 1. The highest BCUT2D eigenvalue weighted by atomic mass is 16.6. The van der Waals surface area contributed by atoms with Crippen LogP contribution in [0.3, 0.4) is 0 Å². The summed E-state index contributed by atoms with van der Waals surface area (Å²) in [5.41, 5.74) is 1.63. The molecule has 0 aliphatic carbocycles. The molecular weight excluding hydrogens is 256 g/mol. The van der Waals surface area contributed by atoms with Crippen molar-refractivity contribution in [3.05, 3.63) is 23.3 Å². The summed E-state index contributed by atoms with van der Waals surface area (Å²) in [4.78, 5) is 16.8. The van der Waals surface area contributed by atoms with E-state index in [9.17, 15) is 4.79 Å². The quantitative estimate of drug-likeness (QED) is 0.772. The van der Waals surface area contributed by atoms with E-state index in [0.29, 0.717) is 24.5 Å². The second-order valence-electron chi connectivity index (χ2n) is 5.38. The van der Waals surface area contributed by atoms with Crippen molar-refractivity contribution in [1.82, 2.24) is 9.80 Å². The molecule has 1 aromatic carbocycles. The van der Waals surface area contributed by atoms with Gasteiger partial charge in [0.15, 0.2) is 11.5 Å². The van der Waals surface area contributed by atoms with Gasteiger partial charge in [-0.3, -0.25) is 4.79 Å². The van der Waals surface area contributed by atoms with Crippen molar-refractivity contribution in [3.8, 4) is 11.5 Å². The van der Waals surface area contributed by atoms with E-state index in [2.05, 4.69) is 11.9 Å². The van der Waals surface area contributed by atoms with Gasteiger partial charge in [0.25, 0.3) is 5.91 Å². The molecule has 1 fully saturated rings. The number of benzene rings is 1. The Balaban J connectivity index is 1.88. The van der Waals surface area contributed by atoms with Gasteiger partial charge >= 0.3 is 0 Å².